The Hall–Kier alpha value is -2.26. The van der Waals surface area contributed by atoms with Crippen LogP contribution in [0.4, 0.5) is 0 Å². The molecule has 1 saturated heterocycles. The van der Waals surface area contributed by atoms with Gasteiger partial charge in [0.1, 0.15) is 0 Å². The number of primary sulfonamides is 1. The number of nitrogens with one attached hydrogen (secondary N) is 3. The zero-order chi connectivity index (χ0) is 24.4. The fourth-order valence-corrected chi connectivity index (χ4v) is 7.03. The van der Waals surface area contributed by atoms with Gasteiger partial charge in [0, 0.05) is 12.1 Å². The first-order valence-electron chi connectivity index (χ1n) is 12.9. The van der Waals surface area contributed by atoms with Crippen molar-refractivity contribution in [2.45, 2.75) is 80.3 Å². The Morgan fingerprint density at radius 1 is 0.943 bits per heavy atom. The molecular weight excluding hydrogens is 460 g/mol. The molecule has 2 aliphatic carbocycles. The number of benzene rings is 2. The third-order valence-electron chi connectivity index (χ3n) is 8.21. The van der Waals surface area contributed by atoms with Crippen molar-refractivity contribution in [3.8, 4) is 0 Å². The molecule has 5 rings (SSSR count). The third kappa shape index (κ3) is 5.45. The lowest BCUT2D eigenvalue weighted by Gasteiger charge is -2.36. The highest BCUT2D eigenvalue weighted by molar-refractivity contribution is 7.89. The van der Waals surface area contributed by atoms with Crippen LogP contribution in [-0.4, -0.2) is 26.4 Å². The van der Waals surface area contributed by atoms with Gasteiger partial charge in [-0.25, -0.2) is 19.0 Å². The zero-order valence-corrected chi connectivity index (χ0v) is 20.8. The third-order valence-corrected chi connectivity index (χ3v) is 9.12. The maximum atomic E-state index is 13.7. The van der Waals surface area contributed by atoms with Gasteiger partial charge in [-0.1, -0.05) is 61.7 Å². The average molecular weight is 497 g/mol. The van der Waals surface area contributed by atoms with Gasteiger partial charge in [-0.3, -0.25) is 10.2 Å². The van der Waals surface area contributed by atoms with E-state index in [0.29, 0.717) is 5.92 Å². The second-order valence-electron chi connectivity index (χ2n) is 10.5. The maximum absolute atomic E-state index is 13.7. The van der Waals surface area contributed by atoms with Gasteiger partial charge >= 0.3 is 0 Å². The lowest BCUT2D eigenvalue weighted by Crippen LogP contribution is -2.46. The van der Waals surface area contributed by atoms with Crippen molar-refractivity contribution in [3.63, 3.8) is 0 Å². The Labute approximate surface area is 208 Å². The standard InChI is InChI=1S/C27H36N4O3S/c28-35(33,34)22-13-7-12-20(16-22)26-23-17-21(14-15-24(23)30-31-26)29-27(32)25(18-8-3-1-4-9-18)19-10-5-2-6-11-19/h1,3-4,7-9,12-13,16,19,21,23-26,30-31H,2,5-6,10-11,14-15,17H2,(H,29,32)(H2,28,33,34). The molecular formula is C27H36N4O3S. The van der Waals surface area contributed by atoms with Crippen LogP contribution < -0.4 is 21.3 Å². The predicted octanol–water partition coefficient (Wildman–Crippen LogP) is 3.50. The number of hydrazine groups is 1. The molecule has 1 amide bonds. The highest BCUT2D eigenvalue weighted by atomic mass is 32.2. The lowest BCUT2D eigenvalue weighted by atomic mass is 9.75. The van der Waals surface area contributed by atoms with E-state index in [1.54, 1.807) is 12.1 Å². The first kappa shape index (κ1) is 24.4. The minimum Gasteiger partial charge on any atom is -0.353 e. The first-order valence-corrected chi connectivity index (χ1v) is 14.4. The van der Waals surface area contributed by atoms with E-state index in [4.69, 9.17) is 5.14 Å². The quantitative estimate of drug-likeness (QED) is 0.489. The van der Waals surface area contributed by atoms with E-state index >= 15 is 0 Å². The predicted molar refractivity (Wildman–Crippen MR) is 136 cm³/mol. The number of carbonyl (C=O) groups is 1. The highest BCUT2D eigenvalue weighted by Gasteiger charge is 2.42. The van der Waals surface area contributed by atoms with Crippen molar-refractivity contribution in [2.75, 3.05) is 0 Å². The summed E-state index contributed by atoms with van der Waals surface area (Å²) in [7, 11) is -3.76. The summed E-state index contributed by atoms with van der Waals surface area (Å²) >= 11 is 0. The van der Waals surface area contributed by atoms with Gasteiger partial charge in [0.25, 0.3) is 0 Å². The van der Waals surface area contributed by atoms with Crippen LogP contribution in [0.3, 0.4) is 0 Å². The summed E-state index contributed by atoms with van der Waals surface area (Å²) in [4.78, 5) is 13.8. The van der Waals surface area contributed by atoms with Crippen molar-refractivity contribution in [3.05, 3.63) is 65.7 Å². The van der Waals surface area contributed by atoms with E-state index in [9.17, 15) is 13.2 Å². The normalized spacial score (nSPS) is 28.3. The van der Waals surface area contributed by atoms with Crippen LogP contribution >= 0.6 is 0 Å². The number of nitrogens with two attached hydrogens (primary N) is 1. The Balaban J connectivity index is 1.31. The second kappa shape index (κ2) is 10.4. The molecule has 35 heavy (non-hydrogen) atoms. The second-order valence-corrected chi connectivity index (χ2v) is 12.0. The summed E-state index contributed by atoms with van der Waals surface area (Å²) in [6.07, 6.45) is 8.60. The van der Waals surface area contributed by atoms with Gasteiger partial charge < -0.3 is 5.32 Å². The lowest BCUT2D eigenvalue weighted by molar-refractivity contribution is -0.125. The molecule has 8 heteroatoms. The van der Waals surface area contributed by atoms with E-state index in [0.717, 1.165) is 43.2 Å². The molecule has 2 aromatic rings. The van der Waals surface area contributed by atoms with Crippen LogP contribution in [0, 0.1) is 11.8 Å². The molecule has 2 aromatic carbocycles. The summed E-state index contributed by atoms with van der Waals surface area (Å²) in [5.41, 5.74) is 8.78. The van der Waals surface area contributed by atoms with Gasteiger partial charge in [0.15, 0.2) is 0 Å². The number of carbonyl (C=O) groups excluding carboxylic acids is 1. The number of amides is 1. The SMILES string of the molecule is NS(=O)(=O)c1cccc(C2NNC3CCC(NC(=O)C(c4ccccc4)C4CCCCC4)CC32)c1. The van der Waals surface area contributed by atoms with E-state index in [-0.39, 0.29) is 40.8 Å². The largest absolute Gasteiger partial charge is 0.353 e. The van der Waals surface area contributed by atoms with Crippen LogP contribution in [0.2, 0.25) is 0 Å². The van der Waals surface area contributed by atoms with Gasteiger partial charge in [0.2, 0.25) is 15.9 Å². The van der Waals surface area contributed by atoms with Crippen LogP contribution in [0.1, 0.15) is 74.5 Å². The molecule has 5 atom stereocenters. The number of hydrogen-bond donors (Lipinski definition) is 4. The number of fused-ring (bicyclic) bond motifs is 1. The number of rotatable bonds is 6. The molecule has 5 N–H and O–H groups in total. The fourth-order valence-electron chi connectivity index (χ4n) is 6.46. The van der Waals surface area contributed by atoms with Crippen LogP contribution in [-0.2, 0) is 14.8 Å². The van der Waals surface area contributed by atoms with Gasteiger partial charge in [0.05, 0.1) is 16.9 Å². The molecule has 2 saturated carbocycles. The Morgan fingerprint density at radius 3 is 2.46 bits per heavy atom. The summed E-state index contributed by atoms with van der Waals surface area (Å²) in [6, 6.07) is 17.5. The molecule has 0 aromatic heterocycles. The Kier molecular flexibility index (Phi) is 7.25. The minimum absolute atomic E-state index is 0.0373. The topological polar surface area (TPSA) is 113 Å². The average Bonchev–Trinajstić information content (AvgIpc) is 3.28. The summed E-state index contributed by atoms with van der Waals surface area (Å²) in [6.45, 7) is 0. The van der Waals surface area contributed by atoms with E-state index in [1.165, 1.54) is 25.3 Å². The summed E-state index contributed by atoms with van der Waals surface area (Å²) < 4.78 is 23.7. The van der Waals surface area contributed by atoms with Crippen LogP contribution in [0.15, 0.2) is 59.5 Å². The van der Waals surface area contributed by atoms with Crippen molar-refractivity contribution in [1.82, 2.24) is 16.2 Å². The number of sulfonamides is 1. The van der Waals surface area contributed by atoms with E-state index in [2.05, 4.69) is 28.3 Å². The molecule has 0 radical (unpaired) electrons. The van der Waals surface area contributed by atoms with E-state index < -0.39 is 10.0 Å². The molecule has 7 nitrogen and oxygen atoms in total. The highest BCUT2D eigenvalue weighted by Crippen LogP contribution is 2.40. The van der Waals surface area contributed by atoms with Crippen molar-refractivity contribution in [2.24, 2.45) is 17.0 Å². The Bertz CT molecular complexity index is 1130. The Morgan fingerprint density at radius 2 is 1.71 bits per heavy atom. The van der Waals surface area contributed by atoms with Crippen LogP contribution in [0.25, 0.3) is 0 Å². The van der Waals surface area contributed by atoms with Crippen molar-refractivity contribution in [1.29, 1.82) is 0 Å². The number of hydrogen-bond acceptors (Lipinski definition) is 5. The molecule has 3 fully saturated rings. The first-order chi connectivity index (χ1) is 16.9. The fraction of sp³-hybridized carbons (Fsp3) is 0.519. The molecule has 0 spiro atoms. The van der Waals surface area contributed by atoms with Crippen molar-refractivity contribution >= 4 is 15.9 Å². The summed E-state index contributed by atoms with van der Waals surface area (Å²) in [5.74, 6) is 0.690. The molecule has 0 bridgehead atoms. The van der Waals surface area contributed by atoms with Crippen LogP contribution in [0.5, 0.6) is 0 Å². The minimum atomic E-state index is -3.76. The molecule has 188 valence electrons. The summed E-state index contributed by atoms with van der Waals surface area (Å²) in [5, 5.41) is 8.78. The maximum Gasteiger partial charge on any atom is 0.238 e. The van der Waals surface area contributed by atoms with Gasteiger partial charge in [-0.05, 0) is 67.2 Å². The van der Waals surface area contributed by atoms with Crippen molar-refractivity contribution < 1.29 is 13.2 Å². The zero-order valence-electron chi connectivity index (χ0n) is 20.0. The molecule has 3 aliphatic rings. The molecule has 1 aliphatic heterocycles. The van der Waals surface area contributed by atoms with E-state index in [1.807, 2.05) is 24.3 Å². The smallest absolute Gasteiger partial charge is 0.238 e. The monoisotopic (exact) mass is 496 g/mol. The van der Waals surface area contributed by atoms with Gasteiger partial charge in [-0.15, -0.1) is 0 Å². The van der Waals surface area contributed by atoms with Gasteiger partial charge in [-0.2, -0.15) is 0 Å². The molecule has 1 heterocycles. The molecule has 5 unspecified atom stereocenters.